The first kappa shape index (κ1) is 16.7. The number of para-hydroxylation sites is 2. The van der Waals surface area contributed by atoms with Crippen molar-refractivity contribution >= 4 is 23.4 Å². The van der Waals surface area contributed by atoms with Crippen LogP contribution in [-0.4, -0.2) is 27.3 Å². The molecular weight excluding hydrogens is 351 g/mol. The molecule has 0 bridgehead atoms. The Morgan fingerprint density at radius 3 is 2.79 bits per heavy atom. The molecule has 0 spiro atoms. The van der Waals surface area contributed by atoms with Crippen LogP contribution in [0.2, 0.25) is 5.02 Å². The van der Waals surface area contributed by atoms with E-state index in [2.05, 4.69) is 15.5 Å². The Bertz CT molecular complexity index is 858. The van der Waals surface area contributed by atoms with E-state index in [9.17, 15) is 4.39 Å². The van der Waals surface area contributed by atoms with E-state index >= 15 is 0 Å². The van der Waals surface area contributed by atoms with Crippen molar-refractivity contribution < 1.29 is 9.13 Å². The van der Waals surface area contributed by atoms with Gasteiger partial charge in [-0.15, -0.1) is 5.10 Å². The van der Waals surface area contributed by atoms with E-state index in [1.54, 1.807) is 23.9 Å². The maximum absolute atomic E-state index is 13.3. The van der Waals surface area contributed by atoms with Gasteiger partial charge in [-0.3, -0.25) is 0 Å². The molecule has 2 aromatic carbocycles. The van der Waals surface area contributed by atoms with Gasteiger partial charge < -0.3 is 4.74 Å². The van der Waals surface area contributed by atoms with E-state index in [1.807, 2.05) is 31.2 Å². The normalized spacial score (nSPS) is 12.2. The monoisotopic (exact) mass is 364 g/mol. The van der Waals surface area contributed by atoms with E-state index in [0.717, 1.165) is 11.3 Å². The fourth-order valence-electron chi connectivity index (χ4n) is 2.20. The average Bonchev–Trinajstić information content (AvgIpc) is 3.05. The summed E-state index contributed by atoms with van der Waals surface area (Å²) in [6.07, 6.45) is 0. The summed E-state index contributed by atoms with van der Waals surface area (Å²) >= 11 is 7.31. The predicted octanol–water partition coefficient (Wildman–Crippen LogP) is 4.32. The van der Waals surface area contributed by atoms with Crippen LogP contribution in [0.3, 0.4) is 0 Å². The van der Waals surface area contributed by atoms with Gasteiger partial charge in [0, 0.05) is 5.25 Å². The lowest BCUT2D eigenvalue weighted by molar-refractivity contribution is 0.410. The molecule has 0 fully saturated rings. The van der Waals surface area contributed by atoms with Crippen LogP contribution in [0.1, 0.15) is 17.7 Å². The van der Waals surface area contributed by atoms with Crippen molar-refractivity contribution in [3.05, 3.63) is 58.9 Å². The second-order valence-electron chi connectivity index (χ2n) is 4.98. The second-order valence-corrected chi connectivity index (χ2v) is 6.69. The van der Waals surface area contributed by atoms with Crippen molar-refractivity contribution in [2.45, 2.75) is 17.3 Å². The van der Waals surface area contributed by atoms with Gasteiger partial charge in [0.25, 0.3) is 0 Å². The summed E-state index contributed by atoms with van der Waals surface area (Å²) in [6, 6.07) is 12.2. The first-order valence-corrected chi connectivity index (χ1v) is 8.39. The van der Waals surface area contributed by atoms with Crippen LogP contribution in [0, 0.1) is 5.82 Å². The zero-order valence-corrected chi connectivity index (χ0v) is 14.6. The van der Waals surface area contributed by atoms with E-state index in [4.69, 9.17) is 16.3 Å². The molecule has 0 saturated carbocycles. The molecular formula is C16H14ClFN4OS. The van der Waals surface area contributed by atoms with Crippen molar-refractivity contribution in [1.82, 2.24) is 20.2 Å². The van der Waals surface area contributed by atoms with Gasteiger partial charge in [0.1, 0.15) is 17.3 Å². The maximum Gasteiger partial charge on any atom is 0.214 e. The van der Waals surface area contributed by atoms with Crippen LogP contribution in [0.15, 0.2) is 47.6 Å². The summed E-state index contributed by atoms with van der Waals surface area (Å²) in [7, 11) is 1.60. The number of aromatic nitrogens is 4. The summed E-state index contributed by atoms with van der Waals surface area (Å²) in [5.74, 6) is 0.237. The van der Waals surface area contributed by atoms with Gasteiger partial charge >= 0.3 is 0 Å². The predicted molar refractivity (Wildman–Crippen MR) is 91.4 cm³/mol. The van der Waals surface area contributed by atoms with E-state index in [-0.39, 0.29) is 10.3 Å². The Balaban J connectivity index is 1.89. The molecule has 0 aliphatic rings. The number of tetrazole rings is 1. The third kappa shape index (κ3) is 3.37. The van der Waals surface area contributed by atoms with Gasteiger partial charge in [0.15, 0.2) is 0 Å². The van der Waals surface area contributed by atoms with Crippen molar-refractivity contribution in [1.29, 1.82) is 0 Å². The number of hydrogen-bond acceptors (Lipinski definition) is 5. The molecule has 24 heavy (non-hydrogen) atoms. The molecule has 3 rings (SSSR count). The first-order valence-electron chi connectivity index (χ1n) is 7.13. The van der Waals surface area contributed by atoms with Gasteiger partial charge in [-0.25, -0.2) is 4.39 Å². The average molecular weight is 365 g/mol. The topological polar surface area (TPSA) is 52.8 Å². The van der Waals surface area contributed by atoms with Gasteiger partial charge in [0.05, 0.1) is 12.1 Å². The van der Waals surface area contributed by atoms with Crippen molar-refractivity contribution in [2.75, 3.05) is 7.11 Å². The second kappa shape index (κ2) is 7.19. The van der Waals surface area contributed by atoms with E-state index in [1.165, 1.54) is 17.8 Å². The smallest absolute Gasteiger partial charge is 0.214 e. The van der Waals surface area contributed by atoms with Crippen LogP contribution < -0.4 is 4.74 Å². The Morgan fingerprint density at radius 1 is 1.25 bits per heavy atom. The number of rotatable bonds is 5. The largest absolute Gasteiger partial charge is 0.494 e. The quantitative estimate of drug-likeness (QED) is 0.631. The van der Waals surface area contributed by atoms with Crippen LogP contribution >= 0.6 is 23.4 Å². The number of nitrogens with zero attached hydrogens (tertiary/aromatic N) is 4. The molecule has 1 atom stereocenters. The molecule has 0 radical (unpaired) electrons. The third-order valence-corrected chi connectivity index (χ3v) is 4.83. The Kier molecular flexibility index (Phi) is 5.01. The Hall–Kier alpha value is -2.12. The Labute approximate surface area is 147 Å². The fourth-order valence-corrected chi connectivity index (χ4v) is 3.31. The van der Waals surface area contributed by atoms with E-state index in [0.29, 0.717) is 10.9 Å². The standard InChI is InChI=1S/C16H14ClFN4OS/c1-10(11-7-8-13(18)12(17)9-11)24-16-19-20-21-22(16)14-5-3-4-6-15(14)23-2/h3-10H,1-2H3. The highest BCUT2D eigenvalue weighted by Gasteiger charge is 2.17. The summed E-state index contributed by atoms with van der Waals surface area (Å²) in [5.41, 5.74) is 1.64. The molecule has 1 aromatic heterocycles. The van der Waals surface area contributed by atoms with Crippen molar-refractivity contribution in [2.24, 2.45) is 0 Å². The molecule has 8 heteroatoms. The molecule has 124 valence electrons. The molecule has 0 saturated heterocycles. The number of methoxy groups -OCH3 is 1. The lowest BCUT2D eigenvalue weighted by Crippen LogP contribution is -2.02. The summed E-state index contributed by atoms with van der Waals surface area (Å²) in [6.45, 7) is 1.98. The number of ether oxygens (including phenoxy) is 1. The minimum atomic E-state index is -0.434. The van der Waals surface area contributed by atoms with Gasteiger partial charge in [-0.1, -0.05) is 41.6 Å². The van der Waals surface area contributed by atoms with Crippen LogP contribution in [0.5, 0.6) is 5.75 Å². The van der Waals surface area contributed by atoms with Crippen LogP contribution in [0.25, 0.3) is 5.69 Å². The molecule has 0 aliphatic heterocycles. The number of hydrogen-bond donors (Lipinski definition) is 0. The number of benzene rings is 2. The SMILES string of the molecule is COc1ccccc1-n1nnnc1SC(C)c1ccc(F)c(Cl)c1. The molecule has 1 heterocycles. The van der Waals surface area contributed by atoms with Crippen LogP contribution in [0.4, 0.5) is 4.39 Å². The third-order valence-electron chi connectivity index (χ3n) is 3.45. The molecule has 3 aromatic rings. The summed E-state index contributed by atoms with van der Waals surface area (Å²) in [5, 5.41) is 12.6. The first-order chi connectivity index (χ1) is 11.6. The lowest BCUT2D eigenvalue weighted by atomic mass is 10.2. The Morgan fingerprint density at radius 2 is 2.04 bits per heavy atom. The zero-order chi connectivity index (χ0) is 17.1. The highest BCUT2D eigenvalue weighted by atomic mass is 35.5. The molecule has 0 aliphatic carbocycles. The van der Waals surface area contributed by atoms with E-state index < -0.39 is 5.82 Å². The lowest BCUT2D eigenvalue weighted by Gasteiger charge is -2.13. The molecule has 1 unspecified atom stereocenters. The maximum atomic E-state index is 13.3. The van der Waals surface area contributed by atoms with Gasteiger partial charge in [0.2, 0.25) is 5.16 Å². The fraction of sp³-hybridized carbons (Fsp3) is 0.188. The molecule has 5 nitrogen and oxygen atoms in total. The van der Waals surface area contributed by atoms with Crippen molar-refractivity contribution in [3.63, 3.8) is 0 Å². The molecule has 0 N–H and O–H groups in total. The number of thioether (sulfide) groups is 1. The van der Waals surface area contributed by atoms with Crippen molar-refractivity contribution in [3.8, 4) is 11.4 Å². The summed E-state index contributed by atoms with van der Waals surface area (Å²) in [4.78, 5) is 0. The molecule has 0 amide bonds. The zero-order valence-electron chi connectivity index (χ0n) is 13.0. The summed E-state index contributed by atoms with van der Waals surface area (Å²) < 4.78 is 20.3. The highest BCUT2D eigenvalue weighted by molar-refractivity contribution is 7.99. The minimum Gasteiger partial charge on any atom is -0.494 e. The highest BCUT2D eigenvalue weighted by Crippen LogP contribution is 2.36. The number of halogens is 2. The van der Waals surface area contributed by atoms with Gasteiger partial charge in [-0.05, 0) is 47.2 Å². The van der Waals surface area contributed by atoms with Gasteiger partial charge in [-0.2, -0.15) is 4.68 Å². The minimum absolute atomic E-state index is 0.0115. The van der Waals surface area contributed by atoms with Crippen LogP contribution in [-0.2, 0) is 0 Å².